The summed E-state index contributed by atoms with van der Waals surface area (Å²) in [5.74, 6) is 0.456. The second-order valence-corrected chi connectivity index (χ2v) is 5.45. The maximum absolute atomic E-state index is 10.00. The fourth-order valence-electron chi connectivity index (χ4n) is 2.38. The van der Waals surface area contributed by atoms with Crippen molar-refractivity contribution >= 4 is 22.9 Å². The van der Waals surface area contributed by atoms with Gasteiger partial charge < -0.3 is 30.7 Å². The van der Waals surface area contributed by atoms with E-state index in [0.29, 0.717) is 29.8 Å². The Labute approximate surface area is 124 Å². The quantitative estimate of drug-likeness (QED) is 0.532. The Kier molecular flexibility index (Phi) is 2.94. The lowest BCUT2D eigenvalue weighted by molar-refractivity contribution is -0.0980. The van der Waals surface area contributed by atoms with Gasteiger partial charge in [-0.05, 0) is 12.8 Å². The first-order valence-electron chi connectivity index (χ1n) is 6.96. The minimum absolute atomic E-state index is 0.0682. The van der Waals surface area contributed by atoms with Crippen molar-refractivity contribution in [3.63, 3.8) is 0 Å². The molecule has 22 heavy (non-hydrogen) atoms. The average Bonchev–Trinajstić information content (AvgIpc) is 2.93. The molecule has 10 nitrogen and oxygen atoms in total. The van der Waals surface area contributed by atoms with E-state index in [1.165, 1.54) is 0 Å². The predicted octanol–water partition coefficient (Wildman–Crippen LogP) is -0.833. The maximum atomic E-state index is 10.00. The third-order valence-corrected chi connectivity index (χ3v) is 3.71. The number of fused-ring (bicyclic) bond motifs is 1. The van der Waals surface area contributed by atoms with E-state index in [-0.39, 0.29) is 19.2 Å². The van der Waals surface area contributed by atoms with Crippen LogP contribution in [-0.2, 0) is 9.47 Å². The molecule has 2 atom stereocenters. The Balaban J connectivity index is 1.72. The molecule has 4 rings (SSSR count). The summed E-state index contributed by atoms with van der Waals surface area (Å²) in [5.41, 5.74) is 5.78. The second kappa shape index (κ2) is 4.74. The van der Waals surface area contributed by atoms with E-state index in [9.17, 15) is 5.11 Å². The molecule has 10 heteroatoms. The minimum Gasteiger partial charge on any atom is -0.391 e. The first-order valence-corrected chi connectivity index (χ1v) is 6.96. The van der Waals surface area contributed by atoms with Gasteiger partial charge in [-0.25, -0.2) is 4.98 Å². The summed E-state index contributed by atoms with van der Waals surface area (Å²) in [5, 5.41) is 22.0. The summed E-state index contributed by atoms with van der Waals surface area (Å²) in [7, 11) is 0. The fraction of sp³-hybridized carbons (Fsp3) is 0.583. The number of imidazole rings is 1. The number of nitrogen functional groups attached to an aromatic ring is 1. The fourth-order valence-corrected chi connectivity index (χ4v) is 2.38. The average molecular weight is 308 g/mol. The zero-order valence-corrected chi connectivity index (χ0v) is 11.6. The molecule has 0 radical (unpaired) electrons. The molecule has 0 unspecified atom stereocenters. The summed E-state index contributed by atoms with van der Waals surface area (Å²) in [6.07, 6.45) is 1.74. The van der Waals surface area contributed by atoms with Gasteiger partial charge in [0.1, 0.15) is 5.72 Å². The Bertz CT molecular complexity index is 715. The highest BCUT2D eigenvalue weighted by Crippen LogP contribution is 2.37. The molecule has 1 aliphatic heterocycles. The zero-order chi connectivity index (χ0) is 15.3. The lowest BCUT2D eigenvalue weighted by Gasteiger charge is -2.13. The summed E-state index contributed by atoms with van der Waals surface area (Å²) in [6, 6.07) is 0. The number of ether oxygens (including phenoxy) is 2. The lowest BCUT2D eigenvalue weighted by atomic mass is 10.4. The molecule has 3 heterocycles. The van der Waals surface area contributed by atoms with Crippen molar-refractivity contribution in [1.29, 1.82) is 0 Å². The lowest BCUT2D eigenvalue weighted by Crippen LogP contribution is -2.21. The number of hydrogen-bond acceptors (Lipinski definition) is 9. The number of aromatic nitrogens is 4. The van der Waals surface area contributed by atoms with Crippen LogP contribution in [0.3, 0.4) is 0 Å². The Morgan fingerprint density at radius 3 is 2.95 bits per heavy atom. The second-order valence-electron chi connectivity index (χ2n) is 5.45. The van der Waals surface area contributed by atoms with Crippen LogP contribution in [0.1, 0.15) is 19.1 Å². The van der Waals surface area contributed by atoms with Crippen molar-refractivity contribution in [3.8, 4) is 0 Å². The molecule has 118 valence electrons. The van der Waals surface area contributed by atoms with Crippen LogP contribution in [0.2, 0.25) is 0 Å². The van der Waals surface area contributed by atoms with E-state index in [1.807, 2.05) is 0 Å². The maximum Gasteiger partial charge on any atom is 0.224 e. The van der Waals surface area contributed by atoms with Gasteiger partial charge in [0.05, 0.1) is 19.5 Å². The number of nitrogens with one attached hydrogen (secondary N) is 1. The predicted molar refractivity (Wildman–Crippen MR) is 74.5 cm³/mol. The van der Waals surface area contributed by atoms with E-state index < -0.39 is 18.2 Å². The van der Waals surface area contributed by atoms with Crippen molar-refractivity contribution in [2.75, 3.05) is 24.3 Å². The van der Waals surface area contributed by atoms with Gasteiger partial charge in [0.25, 0.3) is 0 Å². The van der Waals surface area contributed by atoms with E-state index in [4.69, 9.17) is 20.3 Å². The summed E-state index contributed by atoms with van der Waals surface area (Å²) in [4.78, 5) is 12.6. The molecular formula is C12H16N6O4. The van der Waals surface area contributed by atoms with Gasteiger partial charge in [-0.1, -0.05) is 0 Å². The number of anilines is 2. The Hall–Kier alpha value is -2.01. The molecule has 2 aromatic heterocycles. The van der Waals surface area contributed by atoms with Crippen LogP contribution in [0.25, 0.3) is 11.2 Å². The molecule has 0 aromatic carbocycles. The van der Waals surface area contributed by atoms with Crippen molar-refractivity contribution in [2.45, 2.75) is 31.1 Å². The molecule has 0 spiro atoms. The van der Waals surface area contributed by atoms with Crippen LogP contribution < -0.4 is 11.1 Å². The van der Waals surface area contributed by atoms with Crippen LogP contribution in [0.15, 0.2) is 6.33 Å². The molecule has 1 aliphatic carbocycles. The van der Waals surface area contributed by atoms with Gasteiger partial charge >= 0.3 is 0 Å². The Morgan fingerprint density at radius 1 is 1.45 bits per heavy atom. The van der Waals surface area contributed by atoms with Crippen LogP contribution >= 0.6 is 0 Å². The number of hydrogen-bond donors (Lipinski definition) is 4. The monoisotopic (exact) mass is 308 g/mol. The number of aliphatic hydroxyl groups excluding tert-OH is 1. The molecule has 2 aliphatic rings. The van der Waals surface area contributed by atoms with E-state index in [1.54, 1.807) is 10.9 Å². The number of rotatable bonds is 4. The van der Waals surface area contributed by atoms with Gasteiger partial charge in [0.15, 0.2) is 29.5 Å². The highest BCUT2D eigenvalue weighted by atomic mass is 16.7. The molecule has 1 saturated heterocycles. The zero-order valence-electron chi connectivity index (χ0n) is 11.6. The molecule has 2 aromatic rings. The van der Waals surface area contributed by atoms with Crippen LogP contribution in [0.4, 0.5) is 11.8 Å². The number of nitrogens with two attached hydrogens (primary N) is 1. The van der Waals surface area contributed by atoms with Crippen LogP contribution in [0, 0.1) is 0 Å². The molecule has 5 N–H and O–H groups in total. The first-order chi connectivity index (χ1) is 10.6. The smallest absolute Gasteiger partial charge is 0.224 e. The molecule has 0 amide bonds. The minimum atomic E-state index is -0.938. The molecule has 1 saturated carbocycles. The van der Waals surface area contributed by atoms with Crippen LogP contribution in [0.5, 0.6) is 0 Å². The normalized spacial score (nSPS) is 26.5. The first kappa shape index (κ1) is 13.6. The standard InChI is InChI=1S/C12H16N6O4/c13-11-15-9(17-12(20)1-2-12)8-10(16-11)18(5-14-8)6-4-21-7(3-19)22-6/h5-7,19-20H,1-4H2,(H3,13,15,16,17)/t6-,7-/m1/s1. The third kappa shape index (κ3) is 2.25. The van der Waals surface area contributed by atoms with Gasteiger partial charge in [-0.15, -0.1) is 0 Å². The SMILES string of the molecule is Nc1nc(NC2(O)CC2)c2ncn([C@H]3CO[C@@H](CO)O3)c2n1. The number of nitrogens with zero attached hydrogens (tertiary/aromatic N) is 4. The third-order valence-electron chi connectivity index (χ3n) is 3.71. The Morgan fingerprint density at radius 2 is 2.27 bits per heavy atom. The molecule has 0 bridgehead atoms. The van der Waals surface area contributed by atoms with Crippen molar-refractivity contribution in [3.05, 3.63) is 6.33 Å². The van der Waals surface area contributed by atoms with Gasteiger partial charge in [-0.3, -0.25) is 4.57 Å². The largest absolute Gasteiger partial charge is 0.391 e. The molecule has 2 fully saturated rings. The van der Waals surface area contributed by atoms with Crippen LogP contribution in [-0.4, -0.2) is 55.0 Å². The van der Waals surface area contributed by atoms with E-state index in [2.05, 4.69) is 20.3 Å². The molecular weight excluding hydrogens is 292 g/mol. The summed E-state index contributed by atoms with van der Waals surface area (Å²) in [6.45, 7) is 0.0490. The van der Waals surface area contributed by atoms with E-state index in [0.717, 1.165) is 0 Å². The van der Waals surface area contributed by atoms with Gasteiger partial charge in [0, 0.05) is 0 Å². The topological polar surface area (TPSA) is 141 Å². The summed E-state index contributed by atoms with van der Waals surface area (Å²) < 4.78 is 12.5. The van der Waals surface area contributed by atoms with Gasteiger partial charge in [0.2, 0.25) is 5.95 Å². The van der Waals surface area contributed by atoms with Crippen molar-refractivity contribution in [1.82, 2.24) is 19.5 Å². The highest BCUT2D eigenvalue weighted by molar-refractivity contribution is 5.84. The van der Waals surface area contributed by atoms with Gasteiger partial charge in [-0.2, -0.15) is 9.97 Å². The van der Waals surface area contributed by atoms with E-state index >= 15 is 0 Å². The number of aliphatic hydroxyl groups is 2. The summed E-state index contributed by atoms with van der Waals surface area (Å²) >= 11 is 0. The highest BCUT2D eigenvalue weighted by Gasteiger charge is 2.41. The van der Waals surface area contributed by atoms with Crippen molar-refractivity contribution in [2.24, 2.45) is 0 Å². The van der Waals surface area contributed by atoms with Crippen molar-refractivity contribution < 1.29 is 19.7 Å².